The number of rotatable bonds is 0. The lowest BCUT2D eigenvalue weighted by molar-refractivity contribution is 1.47. The van der Waals surface area contributed by atoms with Gasteiger partial charge in [0, 0.05) is 11.4 Å². The van der Waals surface area contributed by atoms with Crippen LogP contribution < -0.4 is 11.5 Å². The van der Waals surface area contributed by atoms with Gasteiger partial charge in [0.05, 0.1) is 0 Å². The molecule has 0 aromatic heterocycles. The van der Waals surface area contributed by atoms with Crippen molar-refractivity contribution in [2.24, 2.45) is 0 Å². The molecule has 2 aromatic carbocycles. The predicted octanol–water partition coefficient (Wildman–Crippen LogP) is 3.15. The summed E-state index contributed by atoms with van der Waals surface area (Å²) in [5.41, 5.74) is 14.8. The van der Waals surface area contributed by atoms with Crippen LogP contribution in [-0.2, 0) is 0 Å². The quantitative estimate of drug-likeness (QED) is 0.662. The average molecular weight is 214 g/mol. The summed E-state index contributed by atoms with van der Waals surface area (Å²) in [4.78, 5) is 0. The van der Waals surface area contributed by atoms with Gasteiger partial charge in [0.1, 0.15) is 0 Å². The number of nitrogen functional groups attached to an aromatic ring is 2. The van der Waals surface area contributed by atoms with Crippen molar-refractivity contribution in [1.82, 2.24) is 0 Å². The number of hydrogen-bond donors (Lipinski definition) is 2. The van der Waals surface area contributed by atoms with Crippen molar-refractivity contribution >= 4 is 11.4 Å². The molecule has 0 aliphatic heterocycles. The van der Waals surface area contributed by atoms with E-state index in [0.717, 1.165) is 16.9 Å². The third-order valence-corrected chi connectivity index (χ3v) is 2.06. The van der Waals surface area contributed by atoms with Crippen LogP contribution in [0.3, 0.4) is 0 Å². The Labute approximate surface area is 96.9 Å². The Morgan fingerprint density at radius 2 is 1.19 bits per heavy atom. The van der Waals surface area contributed by atoms with E-state index in [1.807, 2.05) is 37.3 Å². The van der Waals surface area contributed by atoms with Gasteiger partial charge in [-0.05, 0) is 37.6 Å². The van der Waals surface area contributed by atoms with Crippen LogP contribution in [0, 0.1) is 13.8 Å². The number of anilines is 2. The van der Waals surface area contributed by atoms with Crippen molar-refractivity contribution < 1.29 is 0 Å². The Morgan fingerprint density at radius 3 is 1.50 bits per heavy atom. The van der Waals surface area contributed by atoms with Gasteiger partial charge in [-0.15, -0.1) is 0 Å². The molecular weight excluding hydrogens is 196 g/mol. The molecular formula is C14H18N2. The van der Waals surface area contributed by atoms with E-state index in [1.54, 1.807) is 6.07 Å². The molecule has 0 heterocycles. The number of hydrogen-bond acceptors (Lipinski definition) is 2. The Kier molecular flexibility index (Phi) is 4.40. The molecule has 0 spiro atoms. The highest BCUT2D eigenvalue weighted by Crippen LogP contribution is 2.11. The molecule has 0 saturated carbocycles. The Hall–Kier alpha value is -1.96. The van der Waals surface area contributed by atoms with Gasteiger partial charge in [0.2, 0.25) is 0 Å². The van der Waals surface area contributed by atoms with Crippen molar-refractivity contribution in [3.05, 3.63) is 59.7 Å². The van der Waals surface area contributed by atoms with Gasteiger partial charge in [0.25, 0.3) is 0 Å². The minimum Gasteiger partial charge on any atom is -0.399 e. The van der Waals surface area contributed by atoms with Crippen molar-refractivity contribution in [2.75, 3.05) is 11.5 Å². The highest BCUT2D eigenvalue weighted by Gasteiger charge is 1.88. The minimum absolute atomic E-state index is 0.729. The smallest absolute Gasteiger partial charge is 0.0337 e. The summed E-state index contributed by atoms with van der Waals surface area (Å²) in [6.45, 7) is 4.05. The van der Waals surface area contributed by atoms with Crippen LogP contribution in [0.4, 0.5) is 11.4 Å². The van der Waals surface area contributed by atoms with Crippen LogP contribution >= 0.6 is 0 Å². The predicted molar refractivity (Wildman–Crippen MR) is 71.2 cm³/mol. The van der Waals surface area contributed by atoms with Crippen molar-refractivity contribution in [3.63, 3.8) is 0 Å². The highest BCUT2D eigenvalue weighted by atomic mass is 14.6. The number of nitrogens with two attached hydrogens (primary N) is 2. The van der Waals surface area contributed by atoms with E-state index < -0.39 is 0 Å². The molecule has 4 N–H and O–H groups in total. The first-order valence-corrected chi connectivity index (χ1v) is 5.22. The van der Waals surface area contributed by atoms with E-state index in [1.165, 1.54) is 5.56 Å². The maximum Gasteiger partial charge on any atom is 0.0337 e. The minimum atomic E-state index is 0.729. The van der Waals surface area contributed by atoms with Gasteiger partial charge in [0.15, 0.2) is 0 Å². The van der Waals surface area contributed by atoms with Gasteiger partial charge in [-0.25, -0.2) is 0 Å². The second-order valence-electron chi connectivity index (χ2n) is 3.83. The van der Waals surface area contributed by atoms with Crippen LogP contribution in [0.25, 0.3) is 0 Å². The first-order chi connectivity index (χ1) is 7.58. The summed E-state index contributed by atoms with van der Waals surface area (Å²) in [5, 5.41) is 0. The van der Waals surface area contributed by atoms with Gasteiger partial charge < -0.3 is 11.5 Å². The zero-order valence-corrected chi connectivity index (χ0v) is 9.77. The molecule has 0 aliphatic carbocycles. The first kappa shape index (κ1) is 12.1. The molecule has 2 aromatic rings. The molecule has 0 fully saturated rings. The van der Waals surface area contributed by atoms with Crippen LogP contribution in [0.2, 0.25) is 0 Å². The van der Waals surface area contributed by atoms with E-state index >= 15 is 0 Å². The second-order valence-corrected chi connectivity index (χ2v) is 3.83. The van der Waals surface area contributed by atoms with E-state index in [9.17, 15) is 0 Å². The molecule has 2 nitrogen and oxygen atoms in total. The molecule has 0 bridgehead atoms. The van der Waals surface area contributed by atoms with Crippen molar-refractivity contribution in [3.8, 4) is 0 Å². The fourth-order valence-electron chi connectivity index (χ4n) is 1.38. The van der Waals surface area contributed by atoms with Crippen LogP contribution in [0.15, 0.2) is 48.5 Å². The largest absolute Gasteiger partial charge is 0.399 e. The lowest BCUT2D eigenvalue weighted by atomic mass is 10.2. The summed E-state index contributed by atoms with van der Waals surface area (Å²) in [5.74, 6) is 0. The third kappa shape index (κ3) is 4.51. The average Bonchev–Trinajstić information content (AvgIpc) is 2.17. The summed E-state index contributed by atoms with van der Waals surface area (Å²) in [6, 6.07) is 15.8. The summed E-state index contributed by atoms with van der Waals surface area (Å²) in [6.07, 6.45) is 0. The SMILES string of the molecule is Cc1cc(N)cc(N)c1.Cc1ccccc1. The Bertz CT molecular complexity index is 385. The monoisotopic (exact) mass is 214 g/mol. The zero-order valence-electron chi connectivity index (χ0n) is 9.77. The Balaban J connectivity index is 0.000000165. The second kappa shape index (κ2) is 5.81. The molecule has 16 heavy (non-hydrogen) atoms. The van der Waals surface area contributed by atoms with Crippen LogP contribution in [-0.4, -0.2) is 0 Å². The molecule has 0 atom stereocenters. The normalized spacial score (nSPS) is 9.12. The lowest BCUT2D eigenvalue weighted by Crippen LogP contribution is -1.90. The molecule has 0 radical (unpaired) electrons. The standard InChI is InChI=1S/C7H10N2.C7H8/c1-5-2-6(8)4-7(9)3-5;1-7-5-3-2-4-6-7/h2-4H,8-9H2,1H3;2-6H,1H3. The van der Waals surface area contributed by atoms with E-state index in [0.29, 0.717) is 0 Å². The van der Waals surface area contributed by atoms with Gasteiger partial charge in [-0.2, -0.15) is 0 Å². The fraction of sp³-hybridized carbons (Fsp3) is 0.143. The van der Waals surface area contributed by atoms with Crippen molar-refractivity contribution in [2.45, 2.75) is 13.8 Å². The highest BCUT2D eigenvalue weighted by molar-refractivity contribution is 5.53. The third-order valence-electron chi connectivity index (χ3n) is 2.06. The molecule has 84 valence electrons. The van der Waals surface area contributed by atoms with E-state index in [4.69, 9.17) is 11.5 Å². The first-order valence-electron chi connectivity index (χ1n) is 5.22. The van der Waals surface area contributed by atoms with Crippen LogP contribution in [0.5, 0.6) is 0 Å². The van der Waals surface area contributed by atoms with E-state index in [-0.39, 0.29) is 0 Å². The van der Waals surface area contributed by atoms with Crippen LogP contribution in [0.1, 0.15) is 11.1 Å². The lowest BCUT2D eigenvalue weighted by Gasteiger charge is -1.97. The van der Waals surface area contributed by atoms with Gasteiger partial charge in [-0.3, -0.25) is 0 Å². The summed E-state index contributed by atoms with van der Waals surface area (Å²) in [7, 11) is 0. The topological polar surface area (TPSA) is 52.0 Å². The van der Waals surface area contributed by atoms with Gasteiger partial charge in [-0.1, -0.05) is 35.9 Å². The number of benzene rings is 2. The number of aryl methyl sites for hydroxylation is 2. The summed E-state index contributed by atoms with van der Waals surface area (Å²) < 4.78 is 0. The molecule has 2 rings (SSSR count). The molecule has 0 aliphatic rings. The van der Waals surface area contributed by atoms with Gasteiger partial charge >= 0.3 is 0 Å². The molecule has 0 unspecified atom stereocenters. The molecule has 0 saturated heterocycles. The van der Waals surface area contributed by atoms with Crippen molar-refractivity contribution in [1.29, 1.82) is 0 Å². The van der Waals surface area contributed by atoms with E-state index in [2.05, 4.69) is 19.1 Å². The summed E-state index contributed by atoms with van der Waals surface area (Å²) >= 11 is 0. The Morgan fingerprint density at radius 1 is 0.688 bits per heavy atom. The maximum atomic E-state index is 5.48. The maximum absolute atomic E-state index is 5.48. The molecule has 2 heteroatoms. The zero-order chi connectivity index (χ0) is 12.0. The fourth-order valence-corrected chi connectivity index (χ4v) is 1.38. The molecule has 0 amide bonds.